The molecule has 0 aliphatic heterocycles. The number of halogens is 1. The predicted molar refractivity (Wildman–Crippen MR) is 170 cm³/mol. The summed E-state index contributed by atoms with van der Waals surface area (Å²) in [7, 11) is 4.18. The third kappa shape index (κ3) is 6.34. The smallest absolute Gasteiger partial charge is 0.346 e. The number of amides is 1. The molecular weight excluding hydrogens is 577 g/mol. The van der Waals surface area contributed by atoms with Gasteiger partial charge in [0.15, 0.2) is 0 Å². The van der Waals surface area contributed by atoms with Gasteiger partial charge in [0.25, 0.3) is 11.5 Å². The van der Waals surface area contributed by atoms with Gasteiger partial charge in [-0.3, -0.25) is 19.0 Å². The van der Waals surface area contributed by atoms with E-state index in [0.29, 0.717) is 42.0 Å². The summed E-state index contributed by atoms with van der Waals surface area (Å²) in [5.74, 6) is -0.119. The van der Waals surface area contributed by atoms with Crippen molar-refractivity contribution < 1.29 is 18.7 Å². The van der Waals surface area contributed by atoms with E-state index < -0.39 is 22.9 Å². The van der Waals surface area contributed by atoms with E-state index in [1.54, 1.807) is 12.1 Å². The van der Waals surface area contributed by atoms with Crippen LogP contribution in [-0.2, 0) is 25.4 Å². The number of rotatable bonds is 9. The monoisotopic (exact) mass is 613 g/mol. The molecule has 0 bridgehead atoms. The van der Waals surface area contributed by atoms with Crippen molar-refractivity contribution in [3.63, 3.8) is 0 Å². The molecule has 1 aromatic heterocycles. The van der Waals surface area contributed by atoms with Gasteiger partial charge >= 0.3 is 5.69 Å². The van der Waals surface area contributed by atoms with Gasteiger partial charge in [0, 0.05) is 44.7 Å². The van der Waals surface area contributed by atoms with Crippen LogP contribution in [0.2, 0.25) is 0 Å². The lowest BCUT2D eigenvalue weighted by molar-refractivity contribution is -0.117. The summed E-state index contributed by atoms with van der Waals surface area (Å²) in [5, 5.41) is 9.92. The summed E-state index contributed by atoms with van der Waals surface area (Å²) < 4.78 is 22.9. The zero-order chi connectivity index (χ0) is 32.4. The number of nitrogens with zero attached hydrogens (tertiary/aromatic N) is 3. The molecule has 0 saturated heterocycles. The number of anilines is 1. The molecule has 0 unspecified atom stereocenters. The number of nitrogens with one attached hydrogen (secondary N) is 2. The number of aryl methyl sites for hydroxylation is 1. The molecule has 10 nitrogen and oxygen atoms in total. The van der Waals surface area contributed by atoms with Crippen molar-refractivity contribution in [3.8, 4) is 28.0 Å². The number of methoxy groups -OCH3 is 1. The maximum Gasteiger partial charge on any atom is 0.346 e. The molecule has 4 aromatic rings. The Morgan fingerprint density at radius 1 is 1.02 bits per heavy atom. The van der Waals surface area contributed by atoms with Gasteiger partial charge in [-0.2, -0.15) is 5.10 Å². The molecule has 0 radical (unpaired) electrons. The quantitative estimate of drug-likeness (QED) is 0.289. The van der Waals surface area contributed by atoms with E-state index in [4.69, 9.17) is 4.74 Å². The molecule has 1 aliphatic rings. The van der Waals surface area contributed by atoms with Crippen LogP contribution in [0.3, 0.4) is 0 Å². The fourth-order valence-corrected chi connectivity index (χ4v) is 5.91. The van der Waals surface area contributed by atoms with Crippen molar-refractivity contribution in [2.75, 3.05) is 19.0 Å². The second-order valence-electron chi connectivity index (χ2n) is 11.4. The fraction of sp³-hybridized carbons (Fsp3) is 0.324. The van der Waals surface area contributed by atoms with Crippen LogP contribution >= 0.6 is 0 Å². The average Bonchev–Trinajstić information content (AvgIpc) is 3.44. The molecule has 1 saturated carbocycles. The second kappa shape index (κ2) is 13.0. The minimum Gasteiger partial charge on any atom is -0.496 e. The van der Waals surface area contributed by atoms with Gasteiger partial charge in [-0.05, 0) is 84.3 Å². The number of Topliss-reactive ketones (excluding diaryl/α,β-unsaturated/α-hetero) is 1. The standard InChI is InChI=1S/C34H36FN5O5/c1-19-24(22-15-28(35)27(30(16-22)45-5)18-36-17-21-12-13-23(41)14-21)8-6-9-25(19)26-10-7-11-29(20(26)2)37-32(42)31-33(43)39(3)34(44)40(4)38-31/h6-11,15-16,21,36H,12-14,17-18H2,1-5H3,(H,37,42)/t21-/m0/s1. The van der Waals surface area contributed by atoms with Crippen LogP contribution in [0.5, 0.6) is 5.75 Å². The molecule has 1 amide bonds. The lowest BCUT2D eigenvalue weighted by atomic mass is 9.90. The molecule has 5 rings (SSSR count). The molecule has 1 atom stereocenters. The lowest BCUT2D eigenvalue weighted by Crippen LogP contribution is -2.43. The van der Waals surface area contributed by atoms with Crippen molar-refractivity contribution in [1.82, 2.24) is 19.7 Å². The van der Waals surface area contributed by atoms with E-state index in [-0.39, 0.29) is 24.1 Å². The Labute approximate surface area is 259 Å². The molecule has 1 heterocycles. The summed E-state index contributed by atoms with van der Waals surface area (Å²) in [6.45, 7) is 4.75. The van der Waals surface area contributed by atoms with Crippen molar-refractivity contribution in [2.24, 2.45) is 20.0 Å². The molecular formula is C34H36FN5O5. The van der Waals surface area contributed by atoms with Gasteiger partial charge in [0.2, 0.25) is 5.69 Å². The molecule has 0 spiro atoms. The van der Waals surface area contributed by atoms with Crippen LogP contribution in [0.1, 0.15) is 46.4 Å². The van der Waals surface area contributed by atoms with Crippen molar-refractivity contribution in [1.29, 1.82) is 0 Å². The molecule has 2 N–H and O–H groups in total. The first kappa shape index (κ1) is 31.5. The Balaban J connectivity index is 1.42. The molecule has 1 aliphatic carbocycles. The van der Waals surface area contributed by atoms with Crippen LogP contribution in [0.25, 0.3) is 22.3 Å². The highest BCUT2D eigenvalue weighted by Crippen LogP contribution is 2.37. The number of benzene rings is 3. The molecule has 11 heteroatoms. The minimum atomic E-state index is -0.789. The van der Waals surface area contributed by atoms with E-state index in [0.717, 1.165) is 43.5 Å². The maximum atomic E-state index is 15.5. The van der Waals surface area contributed by atoms with Gasteiger partial charge in [0.05, 0.1) is 7.11 Å². The molecule has 1 fully saturated rings. The van der Waals surface area contributed by atoms with E-state index in [2.05, 4.69) is 15.7 Å². The Hall–Kier alpha value is -4.90. The summed E-state index contributed by atoms with van der Waals surface area (Å²) in [6.07, 6.45) is 2.05. The molecule has 45 heavy (non-hydrogen) atoms. The highest BCUT2D eigenvalue weighted by Gasteiger charge is 2.23. The Bertz CT molecular complexity index is 1930. The number of carbonyl (C=O) groups excluding carboxylic acids is 2. The van der Waals surface area contributed by atoms with Crippen LogP contribution < -0.4 is 26.6 Å². The Kier molecular flexibility index (Phi) is 9.10. The summed E-state index contributed by atoms with van der Waals surface area (Å²) in [4.78, 5) is 49.2. The minimum absolute atomic E-state index is 0.282. The van der Waals surface area contributed by atoms with Gasteiger partial charge < -0.3 is 15.4 Å². The van der Waals surface area contributed by atoms with Crippen LogP contribution in [0.4, 0.5) is 10.1 Å². The second-order valence-corrected chi connectivity index (χ2v) is 11.4. The SMILES string of the molecule is COc1cc(-c2cccc(-c3cccc(NC(=O)c4nn(C)c(=O)n(C)c4=O)c3C)c2C)cc(F)c1CNC[C@H]1CCC(=O)C1. The molecule has 3 aromatic carbocycles. The van der Waals surface area contributed by atoms with Crippen LogP contribution in [-0.4, -0.2) is 39.7 Å². The fourth-order valence-electron chi connectivity index (χ4n) is 5.91. The van der Waals surface area contributed by atoms with Crippen molar-refractivity contribution in [2.45, 2.75) is 39.7 Å². The first-order chi connectivity index (χ1) is 21.5. The topological polar surface area (TPSA) is 124 Å². The number of hydrogen-bond donors (Lipinski definition) is 2. The summed E-state index contributed by atoms with van der Waals surface area (Å²) >= 11 is 0. The largest absolute Gasteiger partial charge is 0.496 e. The third-order valence-corrected chi connectivity index (χ3v) is 8.51. The number of ether oxygens (including phenoxy) is 1. The third-order valence-electron chi connectivity index (χ3n) is 8.51. The highest BCUT2D eigenvalue weighted by atomic mass is 19.1. The number of carbonyl (C=O) groups is 2. The van der Waals surface area contributed by atoms with Crippen LogP contribution in [0.15, 0.2) is 58.1 Å². The molecule has 234 valence electrons. The first-order valence-electron chi connectivity index (χ1n) is 14.7. The van der Waals surface area contributed by atoms with Gasteiger partial charge in [-0.25, -0.2) is 13.9 Å². The van der Waals surface area contributed by atoms with Crippen molar-refractivity contribution in [3.05, 3.63) is 97.6 Å². The van der Waals surface area contributed by atoms with E-state index >= 15 is 4.39 Å². The Morgan fingerprint density at radius 3 is 2.40 bits per heavy atom. The average molecular weight is 614 g/mol. The van der Waals surface area contributed by atoms with Crippen molar-refractivity contribution >= 4 is 17.4 Å². The van der Waals surface area contributed by atoms with Gasteiger partial charge in [-0.15, -0.1) is 0 Å². The predicted octanol–water partition coefficient (Wildman–Crippen LogP) is 4.29. The highest BCUT2D eigenvalue weighted by molar-refractivity contribution is 6.03. The normalized spacial score (nSPS) is 14.5. The zero-order valence-electron chi connectivity index (χ0n) is 26.0. The number of aromatic nitrogens is 3. The van der Waals surface area contributed by atoms with E-state index in [1.165, 1.54) is 27.3 Å². The van der Waals surface area contributed by atoms with Gasteiger partial charge in [0.1, 0.15) is 17.3 Å². The van der Waals surface area contributed by atoms with E-state index in [1.807, 2.05) is 44.2 Å². The summed E-state index contributed by atoms with van der Waals surface area (Å²) in [6, 6.07) is 14.5. The lowest BCUT2D eigenvalue weighted by Gasteiger charge is -2.18. The first-order valence-corrected chi connectivity index (χ1v) is 14.7. The zero-order valence-corrected chi connectivity index (χ0v) is 26.0. The number of hydrogen-bond acceptors (Lipinski definition) is 7. The van der Waals surface area contributed by atoms with E-state index in [9.17, 15) is 19.2 Å². The number of ketones is 1. The van der Waals surface area contributed by atoms with Crippen LogP contribution in [0, 0.1) is 25.6 Å². The summed E-state index contributed by atoms with van der Waals surface area (Å²) in [5.41, 5.74) is 3.94. The Morgan fingerprint density at radius 2 is 1.71 bits per heavy atom. The maximum absolute atomic E-state index is 15.5. The van der Waals surface area contributed by atoms with Gasteiger partial charge in [-0.1, -0.05) is 30.3 Å².